The molecule has 0 radical (unpaired) electrons. The van der Waals surface area contributed by atoms with Crippen LogP contribution in [0.4, 0.5) is 0 Å². The van der Waals surface area contributed by atoms with Crippen molar-refractivity contribution in [3.8, 4) is 0 Å². The number of rotatable bonds is 2. The van der Waals surface area contributed by atoms with Gasteiger partial charge in [0, 0.05) is 18.0 Å². The van der Waals surface area contributed by atoms with Crippen molar-refractivity contribution in [2.45, 2.75) is 51.1 Å². The first-order valence-electron chi connectivity index (χ1n) is 5.58. The second-order valence-corrected chi connectivity index (χ2v) is 5.09. The molecule has 0 spiro atoms. The Morgan fingerprint density at radius 3 is 2.80 bits per heavy atom. The van der Waals surface area contributed by atoms with Gasteiger partial charge in [-0.25, -0.2) is 0 Å². The molecule has 0 aliphatic heterocycles. The molecule has 1 heterocycles. The molecule has 0 bridgehead atoms. The molecule has 0 amide bonds. The molecule has 1 aliphatic carbocycles. The molecule has 1 aliphatic rings. The van der Waals surface area contributed by atoms with Crippen LogP contribution < -0.4 is 5.73 Å². The Morgan fingerprint density at radius 2 is 2.27 bits per heavy atom. The highest BCUT2D eigenvalue weighted by Gasteiger charge is 2.28. The first-order valence-corrected chi connectivity index (χ1v) is 5.96. The highest BCUT2D eigenvalue weighted by atomic mass is 35.5. The lowest BCUT2D eigenvalue weighted by Gasteiger charge is -2.16. The van der Waals surface area contributed by atoms with Crippen LogP contribution in [0.25, 0.3) is 0 Å². The van der Waals surface area contributed by atoms with E-state index in [1.54, 1.807) is 6.20 Å². The van der Waals surface area contributed by atoms with Crippen molar-refractivity contribution in [2.24, 2.45) is 5.73 Å². The van der Waals surface area contributed by atoms with Crippen LogP contribution in [0, 0.1) is 0 Å². The van der Waals surface area contributed by atoms with Gasteiger partial charge in [0.2, 0.25) is 0 Å². The van der Waals surface area contributed by atoms with E-state index < -0.39 is 0 Å². The molecular weight excluding hydrogens is 210 g/mol. The summed E-state index contributed by atoms with van der Waals surface area (Å²) in [5.41, 5.74) is 7.11. The fourth-order valence-electron chi connectivity index (χ4n) is 2.41. The minimum absolute atomic E-state index is 0.335. The second kappa shape index (κ2) is 4.14. The molecule has 15 heavy (non-hydrogen) atoms. The average Bonchev–Trinajstić information content (AvgIpc) is 2.71. The number of hydrogen-bond acceptors (Lipinski definition) is 2. The molecule has 1 aromatic heterocycles. The fourth-order valence-corrected chi connectivity index (χ4v) is 2.69. The monoisotopic (exact) mass is 227 g/mol. The lowest BCUT2D eigenvalue weighted by molar-refractivity contribution is 0.483. The highest BCUT2D eigenvalue weighted by molar-refractivity contribution is 6.31. The van der Waals surface area contributed by atoms with E-state index in [9.17, 15) is 0 Å². The molecule has 1 aromatic rings. The summed E-state index contributed by atoms with van der Waals surface area (Å²) in [7, 11) is 0. The normalized spacial score (nSPS) is 26.5. The van der Waals surface area contributed by atoms with Crippen LogP contribution in [0.5, 0.6) is 0 Å². The maximum Gasteiger partial charge on any atom is 0.0820 e. The van der Waals surface area contributed by atoms with Crippen molar-refractivity contribution >= 4 is 11.6 Å². The van der Waals surface area contributed by atoms with Crippen molar-refractivity contribution in [3.63, 3.8) is 0 Å². The fraction of sp³-hybridized carbons (Fsp3) is 0.727. The van der Waals surface area contributed by atoms with Crippen LogP contribution in [-0.4, -0.2) is 15.8 Å². The Balaban J connectivity index is 2.30. The van der Waals surface area contributed by atoms with Crippen LogP contribution in [0.1, 0.15) is 50.8 Å². The number of nitrogens with zero attached hydrogens (tertiary/aromatic N) is 2. The van der Waals surface area contributed by atoms with Crippen LogP contribution in [0.2, 0.25) is 5.02 Å². The molecule has 2 rings (SSSR count). The van der Waals surface area contributed by atoms with Gasteiger partial charge in [-0.3, -0.25) is 4.68 Å². The molecule has 84 valence electrons. The first-order chi connectivity index (χ1) is 7.09. The summed E-state index contributed by atoms with van der Waals surface area (Å²) in [6, 6.07) is 0.700. The van der Waals surface area contributed by atoms with E-state index in [4.69, 9.17) is 17.3 Å². The van der Waals surface area contributed by atoms with Gasteiger partial charge in [0.15, 0.2) is 0 Å². The van der Waals surface area contributed by atoms with Crippen LogP contribution in [0.3, 0.4) is 0 Å². The quantitative estimate of drug-likeness (QED) is 0.845. The average molecular weight is 228 g/mol. The van der Waals surface area contributed by atoms with Crippen molar-refractivity contribution in [1.29, 1.82) is 0 Å². The molecule has 0 aromatic carbocycles. The predicted octanol–water partition coefficient (Wildman–Crippen LogP) is 2.71. The second-order valence-electron chi connectivity index (χ2n) is 4.69. The minimum Gasteiger partial charge on any atom is -0.328 e. The largest absolute Gasteiger partial charge is 0.328 e. The zero-order chi connectivity index (χ0) is 11.0. The molecular formula is C11H18ClN3. The summed E-state index contributed by atoms with van der Waals surface area (Å²) in [6.07, 6.45) is 5.03. The molecule has 4 heteroatoms. The Labute approximate surface area is 95.6 Å². The third-order valence-corrected chi connectivity index (χ3v) is 3.43. The van der Waals surface area contributed by atoms with Crippen molar-refractivity contribution in [3.05, 3.63) is 16.9 Å². The van der Waals surface area contributed by atoms with Crippen LogP contribution >= 0.6 is 11.6 Å². The van der Waals surface area contributed by atoms with Gasteiger partial charge in [-0.1, -0.05) is 11.6 Å². The highest BCUT2D eigenvalue weighted by Crippen LogP contribution is 2.37. The topological polar surface area (TPSA) is 43.8 Å². The van der Waals surface area contributed by atoms with Crippen LogP contribution in [0.15, 0.2) is 6.20 Å². The summed E-state index contributed by atoms with van der Waals surface area (Å²) < 4.78 is 2.03. The molecule has 2 unspecified atom stereocenters. The molecule has 1 saturated carbocycles. The standard InChI is InChI=1S/C11H18ClN3/c1-7(2)15-11(10(12)6-14-15)8-3-4-9(13)5-8/h6-9H,3-5,13H2,1-2H3. The maximum absolute atomic E-state index is 6.19. The van der Waals surface area contributed by atoms with E-state index in [2.05, 4.69) is 18.9 Å². The third kappa shape index (κ3) is 2.04. The summed E-state index contributed by atoms with van der Waals surface area (Å²) in [5.74, 6) is 0.498. The van der Waals surface area contributed by atoms with Crippen molar-refractivity contribution in [2.75, 3.05) is 0 Å². The van der Waals surface area contributed by atoms with Gasteiger partial charge < -0.3 is 5.73 Å². The SMILES string of the molecule is CC(C)n1ncc(Cl)c1C1CCC(N)C1. The van der Waals surface area contributed by atoms with Gasteiger partial charge in [-0.05, 0) is 33.1 Å². The number of halogens is 1. The van der Waals surface area contributed by atoms with Crippen LogP contribution in [-0.2, 0) is 0 Å². The maximum atomic E-state index is 6.19. The van der Waals surface area contributed by atoms with E-state index in [-0.39, 0.29) is 0 Å². The molecule has 3 nitrogen and oxygen atoms in total. The van der Waals surface area contributed by atoms with Gasteiger partial charge in [-0.15, -0.1) is 0 Å². The van der Waals surface area contributed by atoms with E-state index in [0.717, 1.165) is 24.3 Å². The zero-order valence-electron chi connectivity index (χ0n) is 9.28. The molecule has 2 N–H and O–H groups in total. The summed E-state index contributed by atoms with van der Waals surface area (Å²) in [4.78, 5) is 0. The van der Waals surface area contributed by atoms with Crippen molar-refractivity contribution < 1.29 is 0 Å². The number of nitrogens with two attached hydrogens (primary N) is 1. The number of hydrogen-bond donors (Lipinski definition) is 1. The molecule has 0 saturated heterocycles. The van der Waals surface area contributed by atoms with Gasteiger partial charge in [0.05, 0.1) is 16.9 Å². The van der Waals surface area contributed by atoms with Gasteiger partial charge in [-0.2, -0.15) is 5.10 Å². The molecule has 2 atom stereocenters. The Kier molecular flexibility index (Phi) is 3.03. The smallest absolute Gasteiger partial charge is 0.0820 e. The lowest BCUT2D eigenvalue weighted by Crippen LogP contribution is -2.16. The van der Waals surface area contributed by atoms with Gasteiger partial charge >= 0.3 is 0 Å². The summed E-state index contributed by atoms with van der Waals surface area (Å²) in [5, 5.41) is 5.12. The molecule has 1 fully saturated rings. The van der Waals surface area contributed by atoms with E-state index in [0.29, 0.717) is 18.0 Å². The van der Waals surface area contributed by atoms with Gasteiger partial charge in [0.25, 0.3) is 0 Å². The zero-order valence-corrected chi connectivity index (χ0v) is 10.0. The van der Waals surface area contributed by atoms with E-state index in [1.165, 1.54) is 5.69 Å². The lowest BCUT2D eigenvalue weighted by atomic mass is 10.0. The van der Waals surface area contributed by atoms with E-state index in [1.807, 2.05) is 4.68 Å². The van der Waals surface area contributed by atoms with E-state index >= 15 is 0 Å². The third-order valence-electron chi connectivity index (χ3n) is 3.14. The minimum atomic E-state index is 0.335. The van der Waals surface area contributed by atoms with Gasteiger partial charge in [0.1, 0.15) is 0 Å². The van der Waals surface area contributed by atoms with Crippen molar-refractivity contribution in [1.82, 2.24) is 9.78 Å². The first kappa shape index (κ1) is 11.0. The Bertz CT molecular complexity index is 346. The Hall–Kier alpha value is -0.540. The Morgan fingerprint density at radius 1 is 1.53 bits per heavy atom. The summed E-state index contributed by atoms with van der Waals surface area (Å²) >= 11 is 6.19. The predicted molar refractivity (Wildman–Crippen MR) is 62.2 cm³/mol. The summed E-state index contributed by atoms with van der Waals surface area (Å²) in [6.45, 7) is 4.25. The number of aromatic nitrogens is 2.